The van der Waals surface area contributed by atoms with Gasteiger partial charge in [-0.15, -0.1) is 0 Å². The molecule has 0 saturated heterocycles. The molecule has 0 spiro atoms. The van der Waals surface area contributed by atoms with E-state index in [4.69, 9.17) is 4.74 Å². The minimum absolute atomic E-state index is 0.0938. The lowest BCUT2D eigenvalue weighted by Gasteiger charge is -2.30. The van der Waals surface area contributed by atoms with Crippen LogP contribution in [0.25, 0.3) is 0 Å². The predicted molar refractivity (Wildman–Crippen MR) is 89.7 cm³/mol. The molecule has 5 heteroatoms. The molecule has 130 valence electrons. The van der Waals surface area contributed by atoms with Gasteiger partial charge in [0.25, 0.3) is 0 Å². The second-order valence-electron chi connectivity index (χ2n) is 6.48. The third-order valence-electron chi connectivity index (χ3n) is 3.62. The van der Waals surface area contributed by atoms with E-state index in [2.05, 4.69) is 18.7 Å². The molecule has 0 bridgehead atoms. The van der Waals surface area contributed by atoms with Crippen LogP contribution in [0.1, 0.15) is 54.4 Å². The van der Waals surface area contributed by atoms with E-state index < -0.39 is 5.41 Å². The Hall–Kier alpha value is -1.10. The van der Waals surface area contributed by atoms with Gasteiger partial charge in [-0.05, 0) is 33.0 Å². The SMILES string of the molecule is CCOC(=O)CCN(CCCN(CC)CC)C(=O)C(C)(C)C. The largest absolute Gasteiger partial charge is 0.466 e. The van der Waals surface area contributed by atoms with Crippen molar-refractivity contribution in [1.82, 2.24) is 9.80 Å². The fraction of sp³-hybridized carbons (Fsp3) is 0.882. The molecule has 0 rings (SSSR count). The fourth-order valence-electron chi connectivity index (χ4n) is 2.27. The number of rotatable bonds is 10. The molecule has 0 saturated carbocycles. The van der Waals surface area contributed by atoms with Crippen molar-refractivity contribution < 1.29 is 14.3 Å². The van der Waals surface area contributed by atoms with Gasteiger partial charge in [0.15, 0.2) is 0 Å². The Morgan fingerprint density at radius 1 is 0.955 bits per heavy atom. The number of esters is 1. The van der Waals surface area contributed by atoms with Crippen molar-refractivity contribution in [3.05, 3.63) is 0 Å². The normalized spacial score (nSPS) is 11.6. The van der Waals surface area contributed by atoms with E-state index in [-0.39, 0.29) is 18.3 Å². The second-order valence-corrected chi connectivity index (χ2v) is 6.48. The van der Waals surface area contributed by atoms with Crippen LogP contribution in [0.2, 0.25) is 0 Å². The van der Waals surface area contributed by atoms with E-state index >= 15 is 0 Å². The second kappa shape index (κ2) is 10.6. The summed E-state index contributed by atoms with van der Waals surface area (Å²) in [4.78, 5) is 28.2. The number of ether oxygens (including phenoxy) is 1. The van der Waals surface area contributed by atoms with Crippen LogP contribution < -0.4 is 0 Å². The summed E-state index contributed by atoms with van der Waals surface area (Å²) in [5.41, 5.74) is -0.427. The first-order valence-corrected chi connectivity index (χ1v) is 8.43. The Morgan fingerprint density at radius 3 is 2.00 bits per heavy atom. The summed E-state index contributed by atoms with van der Waals surface area (Å²) in [7, 11) is 0. The lowest BCUT2D eigenvalue weighted by atomic mass is 9.94. The van der Waals surface area contributed by atoms with Crippen LogP contribution in [0, 0.1) is 5.41 Å². The summed E-state index contributed by atoms with van der Waals surface area (Å²) in [5, 5.41) is 0. The summed E-state index contributed by atoms with van der Waals surface area (Å²) in [6.45, 7) is 16.3. The van der Waals surface area contributed by atoms with Crippen LogP contribution in [-0.4, -0.2) is 61.0 Å². The quantitative estimate of drug-likeness (QED) is 0.582. The number of nitrogens with zero attached hydrogens (tertiary/aromatic N) is 2. The fourth-order valence-corrected chi connectivity index (χ4v) is 2.27. The molecule has 0 aromatic heterocycles. The number of carbonyl (C=O) groups excluding carboxylic acids is 2. The molecule has 0 aliphatic heterocycles. The van der Waals surface area contributed by atoms with E-state index in [0.717, 1.165) is 26.1 Å². The summed E-state index contributed by atoms with van der Waals surface area (Å²) in [6, 6.07) is 0. The molecule has 0 radical (unpaired) electrons. The van der Waals surface area contributed by atoms with Crippen molar-refractivity contribution >= 4 is 11.9 Å². The van der Waals surface area contributed by atoms with Gasteiger partial charge in [-0.3, -0.25) is 9.59 Å². The van der Waals surface area contributed by atoms with Gasteiger partial charge in [0.2, 0.25) is 5.91 Å². The highest BCUT2D eigenvalue weighted by atomic mass is 16.5. The highest BCUT2D eigenvalue weighted by molar-refractivity contribution is 5.82. The minimum atomic E-state index is -0.427. The molecule has 0 aromatic carbocycles. The lowest BCUT2D eigenvalue weighted by molar-refractivity contribution is -0.145. The zero-order valence-corrected chi connectivity index (χ0v) is 15.3. The Bertz CT molecular complexity index is 333. The van der Waals surface area contributed by atoms with Crippen molar-refractivity contribution in [2.24, 2.45) is 5.41 Å². The maximum Gasteiger partial charge on any atom is 0.307 e. The molecule has 0 fully saturated rings. The van der Waals surface area contributed by atoms with Crippen molar-refractivity contribution in [2.45, 2.75) is 54.4 Å². The van der Waals surface area contributed by atoms with Crippen molar-refractivity contribution in [3.8, 4) is 0 Å². The third kappa shape index (κ3) is 8.37. The average molecular weight is 314 g/mol. The molecule has 22 heavy (non-hydrogen) atoms. The van der Waals surface area contributed by atoms with Crippen LogP contribution >= 0.6 is 0 Å². The monoisotopic (exact) mass is 314 g/mol. The molecule has 0 aliphatic carbocycles. The molecular weight excluding hydrogens is 280 g/mol. The summed E-state index contributed by atoms with van der Waals surface area (Å²) in [5.74, 6) is -0.144. The molecule has 0 heterocycles. The topological polar surface area (TPSA) is 49.9 Å². The van der Waals surface area contributed by atoms with E-state index in [1.165, 1.54) is 0 Å². The van der Waals surface area contributed by atoms with Gasteiger partial charge < -0.3 is 14.5 Å². The molecule has 1 amide bonds. The van der Waals surface area contributed by atoms with E-state index in [1.807, 2.05) is 20.8 Å². The molecular formula is C17H34N2O3. The van der Waals surface area contributed by atoms with Gasteiger partial charge in [-0.1, -0.05) is 34.6 Å². The highest BCUT2D eigenvalue weighted by Crippen LogP contribution is 2.18. The van der Waals surface area contributed by atoms with Crippen molar-refractivity contribution in [2.75, 3.05) is 39.3 Å². The number of hydrogen-bond donors (Lipinski definition) is 0. The Morgan fingerprint density at radius 2 is 1.55 bits per heavy atom. The summed E-state index contributed by atoms with van der Waals surface area (Å²) < 4.78 is 4.95. The van der Waals surface area contributed by atoms with Crippen LogP contribution in [0.5, 0.6) is 0 Å². The zero-order valence-electron chi connectivity index (χ0n) is 15.3. The molecule has 0 unspecified atom stereocenters. The van der Waals surface area contributed by atoms with Crippen LogP contribution in [0.4, 0.5) is 0 Å². The first-order chi connectivity index (χ1) is 10.3. The predicted octanol–water partition coefficient (Wildman–Crippen LogP) is 2.55. The Kier molecular flexibility index (Phi) is 10.1. The third-order valence-corrected chi connectivity index (χ3v) is 3.62. The first kappa shape index (κ1) is 20.9. The standard InChI is InChI=1S/C17H34N2O3/c1-7-18(8-2)12-10-13-19(16(21)17(4,5)6)14-11-15(20)22-9-3/h7-14H2,1-6H3. The first-order valence-electron chi connectivity index (χ1n) is 8.43. The van der Waals surface area contributed by atoms with Gasteiger partial charge in [0.1, 0.15) is 0 Å². The number of hydrogen-bond acceptors (Lipinski definition) is 4. The van der Waals surface area contributed by atoms with Crippen LogP contribution in [0.15, 0.2) is 0 Å². The van der Waals surface area contributed by atoms with Gasteiger partial charge in [-0.25, -0.2) is 0 Å². The van der Waals surface area contributed by atoms with Crippen molar-refractivity contribution in [1.29, 1.82) is 0 Å². The number of amides is 1. The van der Waals surface area contributed by atoms with Gasteiger partial charge >= 0.3 is 5.97 Å². The highest BCUT2D eigenvalue weighted by Gasteiger charge is 2.27. The van der Waals surface area contributed by atoms with Gasteiger partial charge in [0, 0.05) is 18.5 Å². The van der Waals surface area contributed by atoms with Crippen LogP contribution in [-0.2, 0) is 14.3 Å². The average Bonchev–Trinajstić information content (AvgIpc) is 2.45. The van der Waals surface area contributed by atoms with Gasteiger partial charge in [0.05, 0.1) is 13.0 Å². The van der Waals surface area contributed by atoms with E-state index in [1.54, 1.807) is 11.8 Å². The Balaban J connectivity index is 4.53. The zero-order chi connectivity index (χ0) is 17.2. The van der Waals surface area contributed by atoms with Gasteiger partial charge in [-0.2, -0.15) is 0 Å². The van der Waals surface area contributed by atoms with Crippen molar-refractivity contribution in [3.63, 3.8) is 0 Å². The Labute approximate surface area is 136 Å². The van der Waals surface area contributed by atoms with Crippen LogP contribution in [0.3, 0.4) is 0 Å². The smallest absolute Gasteiger partial charge is 0.307 e. The lowest BCUT2D eigenvalue weighted by Crippen LogP contribution is -2.42. The molecule has 0 N–H and O–H groups in total. The minimum Gasteiger partial charge on any atom is -0.466 e. The molecule has 0 aromatic rings. The maximum atomic E-state index is 12.5. The maximum absolute atomic E-state index is 12.5. The summed E-state index contributed by atoms with van der Waals surface area (Å²) >= 11 is 0. The summed E-state index contributed by atoms with van der Waals surface area (Å²) in [6.07, 6.45) is 1.19. The van der Waals surface area contributed by atoms with E-state index in [0.29, 0.717) is 19.7 Å². The molecule has 0 aliphatic rings. The number of carbonyl (C=O) groups is 2. The molecule has 0 atom stereocenters. The molecule has 5 nitrogen and oxygen atoms in total. The van der Waals surface area contributed by atoms with E-state index in [9.17, 15) is 9.59 Å².